The number of unbranched alkanes of at least 4 members (excludes halogenated alkanes) is 7. The Hall–Kier alpha value is -0.0800. The fraction of sp³-hybridized carbons (Fsp3) is 1.00. The molecule has 1 aliphatic heterocycles. The third kappa shape index (κ3) is 8.97. The fourth-order valence-corrected chi connectivity index (χ4v) is 3.34. The molecule has 0 saturated carbocycles. The summed E-state index contributed by atoms with van der Waals surface area (Å²) in [4.78, 5) is 2.66. The van der Waals surface area contributed by atoms with Crippen LogP contribution in [0.1, 0.15) is 84.0 Å². The highest BCUT2D eigenvalue weighted by atomic mass is 16.2. The molecular formula is C18H37NO. The van der Waals surface area contributed by atoms with Gasteiger partial charge < -0.3 is 10.0 Å². The molecule has 0 spiro atoms. The topological polar surface area (TPSA) is 23.5 Å². The van der Waals surface area contributed by atoms with E-state index in [2.05, 4.69) is 11.8 Å². The molecule has 1 aliphatic rings. The predicted molar refractivity (Wildman–Crippen MR) is 88.1 cm³/mol. The molecule has 0 atom stereocenters. The monoisotopic (exact) mass is 283 g/mol. The first kappa shape index (κ1) is 18.0. The number of rotatable bonds is 12. The van der Waals surface area contributed by atoms with Crippen LogP contribution >= 0.6 is 0 Å². The third-order valence-electron chi connectivity index (χ3n) is 4.81. The average molecular weight is 284 g/mol. The van der Waals surface area contributed by atoms with Crippen LogP contribution in [0.15, 0.2) is 0 Å². The molecule has 1 heterocycles. The number of nitrogens with zero attached hydrogens (tertiary/aromatic N) is 1. The summed E-state index contributed by atoms with van der Waals surface area (Å²) < 4.78 is 0. The molecule has 0 aliphatic carbocycles. The van der Waals surface area contributed by atoms with Crippen molar-refractivity contribution in [3.63, 3.8) is 0 Å². The van der Waals surface area contributed by atoms with Crippen LogP contribution in [-0.4, -0.2) is 36.2 Å². The minimum atomic E-state index is 0.365. The second-order valence-electron chi connectivity index (χ2n) is 6.63. The number of likely N-dealkylation sites (tertiary alicyclic amines) is 1. The maximum atomic E-state index is 8.75. The molecule has 1 saturated heterocycles. The molecule has 1 fully saturated rings. The summed E-state index contributed by atoms with van der Waals surface area (Å²) in [5.74, 6) is 1.02. The third-order valence-corrected chi connectivity index (χ3v) is 4.81. The van der Waals surface area contributed by atoms with Gasteiger partial charge in [-0.1, -0.05) is 58.3 Å². The Morgan fingerprint density at radius 3 is 2.20 bits per heavy atom. The summed E-state index contributed by atoms with van der Waals surface area (Å²) >= 11 is 0. The van der Waals surface area contributed by atoms with Gasteiger partial charge in [-0.05, 0) is 51.2 Å². The van der Waals surface area contributed by atoms with Crippen molar-refractivity contribution in [1.82, 2.24) is 4.90 Å². The number of aliphatic hydroxyl groups is 1. The predicted octanol–water partition coefficient (Wildman–Crippen LogP) is 4.61. The summed E-state index contributed by atoms with van der Waals surface area (Å²) in [6.45, 7) is 6.61. The van der Waals surface area contributed by atoms with E-state index in [1.54, 1.807) is 0 Å². The van der Waals surface area contributed by atoms with E-state index in [9.17, 15) is 0 Å². The van der Waals surface area contributed by atoms with Crippen LogP contribution < -0.4 is 0 Å². The molecule has 0 unspecified atom stereocenters. The van der Waals surface area contributed by atoms with Gasteiger partial charge in [0.2, 0.25) is 0 Å². The summed E-state index contributed by atoms with van der Waals surface area (Å²) in [5, 5.41) is 8.75. The largest absolute Gasteiger partial charge is 0.396 e. The number of aliphatic hydroxyl groups excluding tert-OH is 1. The Kier molecular flexibility index (Phi) is 11.4. The Balaban J connectivity index is 1.91. The van der Waals surface area contributed by atoms with Crippen molar-refractivity contribution < 1.29 is 5.11 Å². The molecular weight excluding hydrogens is 246 g/mol. The zero-order valence-electron chi connectivity index (χ0n) is 13.8. The van der Waals surface area contributed by atoms with Gasteiger partial charge in [0, 0.05) is 6.61 Å². The van der Waals surface area contributed by atoms with Crippen LogP contribution in [0.25, 0.3) is 0 Å². The molecule has 2 nitrogen and oxygen atoms in total. The molecule has 120 valence electrons. The van der Waals surface area contributed by atoms with E-state index in [1.165, 1.54) is 90.3 Å². The minimum absolute atomic E-state index is 0.365. The second kappa shape index (κ2) is 12.6. The van der Waals surface area contributed by atoms with E-state index in [0.717, 1.165) is 12.3 Å². The van der Waals surface area contributed by atoms with E-state index in [-0.39, 0.29) is 0 Å². The lowest BCUT2D eigenvalue weighted by atomic mass is 9.91. The highest BCUT2D eigenvalue weighted by Gasteiger charge is 2.18. The quantitative estimate of drug-likeness (QED) is 0.529. The molecule has 20 heavy (non-hydrogen) atoms. The van der Waals surface area contributed by atoms with Crippen LogP contribution in [-0.2, 0) is 0 Å². The van der Waals surface area contributed by atoms with Crippen molar-refractivity contribution in [3.05, 3.63) is 0 Å². The van der Waals surface area contributed by atoms with Gasteiger partial charge in [0.25, 0.3) is 0 Å². The van der Waals surface area contributed by atoms with Crippen LogP contribution in [0.4, 0.5) is 0 Å². The first-order valence-electron chi connectivity index (χ1n) is 9.20. The van der Waals surface area contributed by atoms with Gasteiger partial charge in [-0.2, -0.15) is 0 Å². The lowest BCUT2D eigenvalue weighted by molar-refractivity contribution is 0.173. The van der Waals surface area contributed by atoms with E-state index in [4.69, 9.17) is 5.11 Å². The first-order chi connectivity index (χ1) is 9.86. The van der Waals surface area contributed by atoms with E-state index >= 15 is 0 Å². The van der Waals surface area contributed by atoms with Gasteiger partial charge in [-0.25, -0.2) is 0 Å². The number of piperidine rings is 1. The lowest BCUT2D eigenvalue weighted by Crippen LogP contribution is -2.34. The SMILES string of the molecule is CCCCCCCC1CCN(CCCCCCO)CC1. The van der Waals surface area contributed by atoms with Crippen molar-refractivity contribution in [2.24, 2.45) is 5.92 Å². The Morgan fingerprint density at radius 1 is 0.850 bits per heavy atom. The molecule has 0 radical (unpaired) electrons. The number of hydrogen-bond donors (Lipinski definition) is 1. The van der Waals surface area contributed by atoms with Crippen molar-refractivity contribution in [1.29, 1.82) is 0 Å². The average Bonchev–Trinajstić information content (AvgIpc) is 2.48. The molecule has 0 bridgehead atoms. The van der Waals surface area contributed by atoms with Gasteiger partial charge in [0.05, 0.1) is 0 Å². The van der Waals surface area contributed by atoms with Crippen molar-refractivity contribution in [2.75, 3.05) is 26.2 Å². The van der Waals surface area contributed by atoms with Crippen molar-refractivity contribution >= 4 is 0 Å². The van der Waals surface area contributed by atoms with Crippen LogP contribution in [0.3, 0.4) is 0 Å². The van der Waals surface area contributed by atoms with E-state index in [1.807, 2.05) is 0 Å². The molecule has 0 aromatic heterocycles. The zero-order chi connectivity index (χ0) is 14.5. The van der Waals surface area contributed by atoms with E-state index in [0.29, 0.717) is 6.61 Å². The summed E-state index contributed by atoms with van der Waals surface area (Å²) in [6, 6.07) is 0. The first-order valence-corrected chi connectivity index (χ1v) is 9.20. The van der Waals surface area contributed by atoms with Gasteiger partial charge in [-0.15, -0.1) is 0 Å². The van der Waals surface area contributed by atoms with Crippen LogP contribution in [0, 0.1) is 5.92 Å². The van der Waals surface area contributed by atoms with Crippen molar-refractivity contribution in [2.45, 2.75) is 84.0 Å². The highest BCUT2D eigenvalue weighted by Crippen LogP contribution is 2.23. The fourth-order valence-electron chi connectivity index (χ4n) is 3.34. The minimum Gasteiger partial charge on any atom is -0.396 e. The summed E-state index contributed by atoms with van der Waals surface area (Å²) in [7, 11) is 0. The maximum absolute atomic E-state index is 8.75. The standard InChI is InChI=1S/C18H37NO/c1-2-3-4-5-8-11-18-12-15-19(16-13-18)14-9-6-7-10-17-20/h18,20H,2-17H2,1H3. The van der Waals surface area contributed by atoms with E-state index < -0.39 is 0 Å². The van der Waals surface area contributed by atoms with Gasteiger partial charge in [-0.3, -0.25) is 0 Å². The molecule has 0 aromatic rings. The smallest absolute Gasteiger partial charge is 0.0431 e. The Bertz CT molecular complexity index is 178. The second-order valence-corrected chi connectivity index (χ2v) is 6.63. The van der Waals surface area contributed by atoms with Crippen molar-refractivity contribution in [3.8, 4) is 0 Å². The summed E-state index contributed by atoms with van der Waals surface area (Å²) in [5.41, 5.74) is 0. The zero-order valence-corrected chi connectivity index (χ0v) is 13.8. The van der Waals surface area contributed by atoms with Gasteiger partial charge in [0.15, 0.2) is 0 Å². The molecule has 1 N–H and O–H groups in total. The Morgan fingerprint density at radius 2 is 1.50 bits per heavy atom. The van der Waals surface area contributed by atoms with Gasteiger partial charge in [0.1, 0.15) is 0 Å². The van der Waals surface area contributed by atoms with Crippen LogP contribution in [0.5, 0.6) is 0 Å². The number of hydrogen-bond acceptors (Lipinski definition) is 2. The summed E-state index contributed by atoms with van der Waals surface area (Å²) in [6.07, 6.45) is 16.3. The Labute approximate surface area is 126 Å². The molecule has 2 heteroatoms. The maximum Gasteiger partial charge on any atom is 0.0431 e. The normalized spacial score (nSPS) is 17.7. The molecule has 1 rings (SSSR count). The van der Waals surface area contributed by atoms with Crippen LogP contribution in [0.2, 0.25) is 0 Å². The molecule has 0 aromatic carbocycles. The molecule has 0 amide bonds. The highest BCUT2D eigenvalue weighted by molar-refractivity contribution is 4.72. The lowest BCUT2D eigenvalue weighted by Gasteiger charge is -2.32. The van der Waals surface area contributed by atoms with Gasteiger partial charge >= 0.3 is 0 Å².